The molecule has 3 rings (SSSR count). The van der Waals surface area contributed by atoms with Crippen molar-refractivity contribution >= 4 is 0 Å². The Bertz CT molecular complexity index is 269. The zero-order chi connectivity index (χ0) is 9.22. The van der Waals surface area contributed by atoms with Crippen LogP contribution in [0.5, 0.6) is 0 Å². The van der Waals surface area contributed by atoms with Gasteiger partial charge in [-0.2, -0.15) is 0 Å². The summed E-state index contributed by atoms with van der Waals surface area (Å²) in [5, 5.41) is 19.9. The number of aliphatic hydroxyl groups excluding tert-OH is 1. The summed E-state index contributed by atoms with van der Waals surface area (Å²) in [6.07, 6.45) is 6.00. The first-order valence-electron chi connectivity index (χ1n) is 5.18. The Morgan fingerprint density at radius 1 is 1.31 bits per heavy atom. The normalized spacial score (nSPS) is 63.2. The number of hydrogen-bond donors (Lipinski definition) is 2. The minimum atomic E-state index is -0.835. The number of allylic oxidation sites excluding steroid dienone is 2. The zero-order valence-corrected chi connectivity index (χ0v) is 7.85. The quantitative estimate of drug-likeness (QED) is 0.545. The maximum absolute atomic E-state index is 9.97. The van der Waals surface area contributed by atoms with E-state index in [2.05, 4.69) is 12.2 Å². The molecule has 0 radical (unpaired) electrons. The summed E-state index contributed by atoms with van der Waals surface area (Å²) in [7, 11) is 0. The van der Waals surface area contributed by atoms with E-state index >= 15 is 0 Å². The second-order valence-corrected chi connectivity index (χ2v) is 5.20. The molecule has 2 bridgehead atoms. The molecule has 3 aliphatic rings. The van der Waals surface area contributed by atoms with E-state index in [1.807, 2.05) is 0 Å². The Hall–Kier alpha value is -0.340. The van der Waals surface area contributed by atoms with Gasteiger partial charge in [0.05, 0.1) is 11.7 Å². The van der Waals surface area contributed by atoms with Gasteiger partial charge < -0.3 is 10.2 Å². The van der Waals surface area contributed by atoms with Crippen LogP contribution in [0.25, 0.3) is 0 Å². The SMILES string of the molecule is CC1(O)CC2C3C=CC(C3)C2C1O. The highest BCUT2D eigenvalue weighted by molar-refractivity contribution is 5.20. The highest BCUT2D eigenvalue weighted by atomic mass is 16.3. The molecular weight excluding hydrogens is 164 g/mol. The van der Waals surface area contributed by atoms with Crippen LogP contribution in [0.4, 0.5) is 0 Å². The monoisotopic (exact) mass is 180 g/mol. The fourth-order valence-electron chi connectivity index (χ4n) is 3.73. The van der Waals surface area contributed by atoms with Crippen molar-refractivity contribution in [2.75, 3.05) is 0 Å². The van der Waals surface area contributed by atoms with Crippen LogP contribution in [-0.2, 0) is 0 Å². The van der Waals surface area contributed by atoms with E-state index in [1.165, 1.54) is 6.42 Å². The molecule has 0 amide bonds. The Kier molecular flexibility index (Phi) is 1.34. The predicted molar refractivity (Wildman–Crippen MR) is 49.0 cm³/mol. The van der Waals surface area contributed by atoms with Crippen molar-refractivity contribution in [2.24, 2.45) is 23.7 Å². The largest absolute Gasteiger partial charge is 0.390 e. The topological polar surface area (TPSA) is 40.5 Å². The van der Waals surface area contributed by atoms with E-state index in [1.54, 1.807) is 6.92 Å². The van der Waals surface area contributed by atoms with Crippen molar-refractivity contribution in [3.8, 4) is 0 Å². The highest BCUT2D eigenvalue weighted by Gasteiger charge is 2.58. The Balaban J connectivity index is 1.96. The standard InChI is InChI=1S/C11H16O2/c1-11(13)5-8-6-2-3-7(4-6)9(8)10(11)12/h2-3,6-10,12-13H,4-5H2,1H3. The van der Waals surface area contributed by atoms with Gasteiger partial charge in [0.2, 0.25) is 0 Å². The number of hydrogen-bond acceptors (Lipinski definition) is 2. The number of aliphatic hydroxyl groups is 2. The van der Waals surface area contributed by atoms with Crippen molar-refractivity contribution < 1.29 is 10.2 Å². The van der Waals surface area contributed by atoms with Gasteiger partial charge in [0.15, 0.2) is 0 Å². The third-order valence-corrected chi connectivity index (χ3v) is 4.34. The summed E-state index contributed by atoms with van der Waals surface area (Å²) in [6.45, 7) is 1.77. The van der Waals surface area contributed by atoms with Crippen LogP contribution in [0.15, 0.2) is 12.2 Å². The fourth-order valence-corrected chi connectivity index (χ4v) is 3.73. The Morgan fingerprint density at radius 3 is 2.69 bits per heavy atom. The van der Waals surface area contributed by atoms with Crippen molar-refractivity contribution in [3.63, 3.8) is 0 Å². The first-order valence-corrected chi connectivity index (χ1v) is 5.18. The molecule has 0 spiro atoms. The predicted octanol–water partition coefficient (Wildman–Crippen LogP) is 0.940. The molecule has 13 heavy (non-hydrogen) atoms. The smallest absolute Gasteiger partial charge is 0.0883 e. The van der Waals surface area contributed by atoms with Gasteiger partial charge in [-0.1, -0.05) is 12.2 Å². The minimum Gasteiger partial charge on any atom is -0.390 e. The van der Waals surface area contributed by atoms with Crippen molar-refractivity contribution in [1.82, 2.24) is 0 Å². The van der Waals surface area contributed by atoms with E-state index in [0.29, 0.717) is 23.7 Å². The van der Waals surface area contributed by atoms with Gasteiger partial charge in [-0.15, -0.1) is 0 Å². The van der Waals surface area contributed by atoms with Gasteiger partial charge in [-0.25, -0.2) is 0 Å². The van der Waals surface area contributed by atoms with Crippen LogP contribution in [0, 0.1) is 23.7 Å². The molecule has 2 heteroatoms. The Labute approximate surface area is 78.3 Å². The van der Waals surface area contributed by atoms with Crippen molar-refractivity contribution in [1.29, 1.82) is 0 Å². The molecule has 72 valence electrons. The van der Waals surface area contributed by atoms with E-state index in [-0.39, 0.29) is 0 Å². The van der Waals surface area contributed by atoms with Crippen molar-refractivity contribution in [2.45, 2.75) is 31.5 Å². The molecule has 2 nitrogen and oxygen atoms in total. The first-order chi connectivity index (χ1) is 6.09. The van der Waals surface area contributed by atoms with Gasteiger partial charge in [0.25, 0.3) is 0 Å². The maximum atomic E-state index is 9.97. The average molecular weight is 180 g/mol. The van der Waals surface area contributed by atoms with Gasteiger partial charge in [0, 0.05) is 0 Å². The second-order valence-electron chi connectivity index (χ2n) is 5.20. The summed E-state index contributed by atoms with van der Waals surface area (Å²) < 4.78 is 0. The van der Waals surface area contributed by atoms with Gasteiger partial charge >= 0.3 is 0 Å². The lowest BCUT2D eigenvalue weighted by molar-refractivity contribution is -0.0589. The molecule has 6 atom stereocenters. The van der Waals surface area contributed by atoms with E-state index < -0.39 is 11.7 Å². The maximum Gasteiger partial charge on any atom is 0.0883 e. The molecule has 3 aliphatic carbocycles. The Morgan fingerprint density at radius 2 is 2.00 bits per heavy atom. The molecule has 0 heterocycles. The number of rotatable bonds is 0. The molecule has 0 saturated heterocycles. The van der Waals surface area contributed by atoms with Crippen LogP contribution in [0.2, 0.25) is 0 Å². The molecule has 0 aromatic heterocycles. The lowest BCUT2D eigenvalue weighted by Gasteiger charge is -2.26. The molecule has 0 aromatic rings. The molecular formula is C11H16O2. The third kappa shape index (κ3) is 0.856. The lowest BCUT2D eigenvalue weighted by Crippen LogP contribution is -2.38. The molecule has 2 saturated carbocycles. The summed E-state index contributed by atoms with van der Waals surface area (Å²) >= 11 is 0. The fraction of sp³-hybridized carbons (Fsp3) is 0.818. The van der Waals surface area contributed by atoms with Gasteiger partial charge in [0.1, 0.15) is 0 Å². The van der Waals surface area contributed by atoms with Crippen LogP contribution in [-0.4, -0.2) is 21.9 Å². The third-order valence-electron chi connectivity index (χ3n) is 4.34. The summed E-state index contributed by atoms with van der Waals surface area (Å²) in [5.74, 6) is 2.06. The highest BCUT2D eigenvalue weighted by Crippen LogP contribution is 2.57. The molecule has 0 aliphatic heterocycles. The summed E-state index contributed by atoms with van der Waals surface area (Å²) in [5.41, 5.74) is -0.835. The van der Waals surface area contributed by atoms with E-state index in [0.717, 1.165) is 6.42 Å². The number of fused-ring (bicyclic) bond motifs is 5. The summed E-state index contributed by atoms with van der Waals surface area (Å²) in [6, 6.07) is 0. The van der Waals surface area contributed by atoms with Gasteiger partial charge in [-0.05, 0) is 43.4 Å². The van der Waals surface area contributed by atoms with Crippen LogP contribution < -0.4 is 0 Å². The van der Waals surface area contributed by atoms with E-state index in [4.69, 9.17) is 0 Å². The van der Waals surface area contributed by atoms with Crippen LogP contribution in [0.3, 0.4) is 0 Å². The summed E-state index contributed by atoms with van der Waals surface area (Å²) in [4.78, 5) is 0. The van der Waals surface area contributed by atoms with Gasteiger partial charge in [-0.3, -0.25) is 0 Å². The second kappa shape index (κ2) is 2.18. The van der Waals surface area contributed by atoms with Crippen LogP contribution >= 0.6 is 0 Å². The molecule has 2 N–H and O–H groups in total. The average Bonchev–Trinajstić information content (AvgIpc) is 2.65. The molecule has 6 unspecified atom stereocenters. The molecule has 2 fully saturated rings. The lowest BCUT2D eigenvalue weighted by atomic mass is 9.85. The van der Waals surface area contributed by atoms with E-state index in [9.17, 15) is 10.2 Å². The van der Waals surface area contributed by atoms with Crippen molar-refractivity contribution in [3.05, 3.63) is 12.2 Å². The zero-order valence-electron chi connectivity index (χ0n) is 7.85. The molecule has 0 aromatic carbocycles. The minimum absolute atomic E-state index is 0.338. The van der Waals surface area contributed by atoms with Crippen LogP contribution in [0.1, 0.15) is 19.8 Å². The first kappa shape index (κ1) is 8.01.